The Morgan fingerprint density at radius 2 is 2.06 bits per heavy atom. The molecule has 1 heterocycles. The van der Waals surface area contributed by atoms with Crippen molar-refractivity contribution in [1.29, 1.82) is 0 Å². The molecule has 17 heavy (non-hydrogen) atoms. The van der Waals surface area contributed by atoms with E-state index in [2.05, 4.69) is 5.10 Å². The summed E-state index contributed by atoms with van der Waals surface area (Å²) >= 11 is 0. The zero-order valence-corrected chi connectivity index (χ0v) is 10.4. The molecule has 2 aromatic rings. The molecule has 1 aromatic carbocycles. The molecule has 0 aliphatic carbocycles. The molecule has 1 aromatic heterocycles. The van der Waals surface area contributed by atoms with E-state index in [9.17, 15) is 8.42 Å². The van der Waals surface area contributed by atoms with E-state index in [1.807, 2.05) is 24.3 Å². The molecule has 0 atom stereocenters. The molecule has 2 N–H and O–H groups in total. The Bertz CT molecular complexity index is 631. The Hall–Kier alpha value is -1.56. The van der Waals surface area contributed by atoms with Crippen LogP contribution < -0.4 is 5.73 Å². The molecule has 0 saturated heterocycles. The number of hydrogen-bond donors (Lipinski definition) is 1. The summed E-state index contributed by atoms with van der Waals surface area (Å²) < 4.78 is 23.8. The number of nitrogens with two attached hydrogens (primary N) is 1. The van der Waals surface area contributed by atoms with Crippen molar-refractivity contribution in [2.24, 2.45) is 0 Å². The zero-order valence-electron chi connectivity index (χ0n) is 9.63. The number of sulfone groups is 1. The van der Waals surface area contributed by atoms with E-state index in [1.165, 1.54) is 6.26 Å². The molecule has 5 nitrogen and oxygen atoms in total. The first-order valence-corrected chi connectivity index (χ1v) is 7.42. The van der Waals surface area contributed by atoms with E-state index in [-0.39, 0.29) is 5.75 Å². The third-order valence-corrected chi connectivity index (χ3v) is 3.60. The first-order chi connectivity index (χ1) is 7.97. The van der Waals surface area contributed by atoms with Crippen LogP contribution in [-0.4, -0.2) is 30.2 Å². The second-order valence-corrected chi connectivity index (χ2v) is 6.37. The van der Waals surface area contributed by atoms with Gasteiger partial charge in [-0.25, -0.2) is 8.42 Å². The lowest BCUT2D eigenvalue weighted by molar-refractivity contribution is 0.584. The van der Waals surface area contributed by atoms with Gasteiger partial charge in [0.05, 0.1) is 11.3 Å². The molecule has 0 fully saturated rings. The number of benzene rings is 1. The van der Waals surface area contributed by atoms with Crippen molar-refractivity contribution >= 4 is 26.6 Å². The largest absolute Gasteiger partial charge is 0.382 e. The van der Waals surface area contributed by atoms with Gasteiger partial charge in [-0.1, -0.05) is 12.1 Å². The Balaban J connectivity index is 2.19. The number of nitrogens with zero attached hydrogens (tertiary/aromatic N) is 2. The topological polar surface area (TPSA) is 78.0 Å². The van der Waals surface area contributed by atoms with Crippen molar-refractivity contribution < 1.29 is 8.42 Å². The minimum atomic E-state index is -2.91. The summed E-state index contributed by atoms with van der Waals surface area (Å²) in [6.45, 7) is 0.560. The van der Waals surface area contributed by atoms with Gasteiger partial charge in [0.2, 0.25) is 0 Å². The van der Waals surface area contributed by atoms with Crippen LogP contribution in [-0.2, 0) is 16.4 Å². The number of aryl methyl sites for hydroxylation is 1. The predicted molar refractivity (Wildman–Crippen MR) is 68.5 cm³/mol. The average molecular weight is 253 g/mol. The zero-order chi connectivity index (χ0) is 12.5. The summed E-state index contributed by atoms with van der Waals surface area (Å²) in [6, 6.07) is 7.65. The van der Waals surface area contributed by atoms with Crippen LogP contribution in [0.5, 0.6) is 0 Å². The maximum absolute atomic E-state index is 11.0. The van der Waals surface area contributed by atoms with Gasteiger partial charge in [0.15, 0.2) is 5.82 Å². The molecule has 6 heteroatoms. The van der Waals surface area contributed by atoms with Gasteiger partial charge in [0.1, 0.15) is 9.84 Å². The Kier molecular flexibility index (Phi) is 3.06. The molecule has 0 aliphatic rings. The molecular formula is C11H15N3O2S. The van der Waals surface area contributed by atoms with Crippen molar-refractivity contribution in [1.82, 2.24) is 9.78 Å². The molecule has 0 bridgehead atoms. The lowest BCUT2D eigenvalue weighted by Gasteiger charge is -2.02. The lowest BCUT2D eigenvalue weighted by Crippen LogP contribution is -2.08. The highest BCUT2D eigenvalue weighted by Crippen LogP contribution is 2.19. The highest BCUT2D eigenvalue weighted by molar-refractivity contribution is 7.90. The highest BCUT2D eigenvalue weighted by Gasteiger charge is 2.08. The van der Waals surface area contributed by atoms with Crippen LogP contribution in [0, 0.1) is 0 Å². The van der Waals surface area contributed by atoms with Gasteiger partial charge in [-0.05, 0) is 18.6 Å². The molecule has 0 radical (unpaired) electrons. The number of nitrogen functional groups attached to an aromatic ring is 1. The van der Waals surface area contributed by atoms with Gasteiger partial charge < -0.3 is 5.73 Å². The SMILES string of the molecule is CS(=O)(=O)CCCn1nc(N)c2ccccc21. The minimum absolute atomic E-state index is 0.168. The van der Waals surface area contributed by atoms with Crippen LogP contribution in [0.15, 0.2) is 24.3 Å². The smallest absolute Gasteiger partial charge is 0.153 e. The summed E-state index contributed by atoms with van der Waals surface area (Å²) in [7, 11) is -2.91. The van der Waals surface area contributed by atoms with Crippen LogP contribution in [0.25, 0.3) is 10.9 Å². The quantitative estimate of drug-likeness (QED) is 0.883. The first kappa shape index (κ1) is 11.9. The van der Waals surface area contributed by atoms with E-state index in [0.717, 1.165) is 10.9 Å². The molecule has 0 aliphatic heterocycles. The van der Waals surface area contributed by atoms with Gasteiger partial charge in [-0.15, -0.1) is 0 Å². The van der Waals surface area contributed by atoms with Crippen molar-refractivity contribution in [3.8, 4) is 0 Å². The third kappa shape index (κ3) is 2.76. The van der Waals surface area contributed by atoms with Gasteiger partial charge in [-0.3, -0.25) is 4.68 Å². The van der Waals surface area contributed by atoms with Gasteiger partial charge in [-0.2, -0.15) is 5.10 Å². The van der Waals surface area contributed by atoms with E-state index in [0.29, 0.717) is 18.8 Å². The Morgan fingerprint density at radius 3 is 2.76 bits per heavy atom. The third-order valence-electron chi connectivity index (χ3n) is 2.57. The number of hydrogen-bond acceptors (Lipinski definition) is 4. The maximum atomic E-state index is 11.0. The number of anilines is 1. The van der Waals surface area contributed by atoms with Crippen molar-refractivity contribution in [2.75, 3.05) is 17.7 Å². The standard InChI is InChI=1S/C11H15N3O2S/c1-17(15,16)8-4-7-14-10-6-3-2-5-9(10)11(12)13-14/h2-3,5-6H,4,7-8H2,1H3,(H2,12,13). The van der Waals surface area contributed by atoms with Crippen molar-refractivity contribution in [3.05, 3.63) is 24.3 Å². The van der Waals surface area contributed by atoms with Gasteiger partial charge in [0.25, 0.3) is 0 Å². The summed E-state index contributed by atoms with van der Waals surface area (Å²) in [6.07, 6.45) is 1.78. The van der Waals surface area contributed by atoms with Crippen molar-refractivity contribution in [3.63, 3.8) is 0 Å². The molecule has 0 saturated carbocycles. The van der Waals surface area contributed by atoms with E-state index < -0.39 is 9.84 Å². The highest BCUT2D eigenvalue weighted by atomic mass is 32.2. The summed E-state index contributed by atoms with van der Waals surface area (Å²) in [5.74, 6) is 0.654. The summed E-state index contributed by atoms with van der Waals surface area (Å²) in [4.78, 5) is 0. The molecule has 92 valence electrons. The number of fused-ring (bicyclic) bond motifs is 1. The number of rotatable bonds is 4. The van der Waals surface area contributed by atoms with Gasteiger partial charge in [0, 0.05) is 18.2 Å². The van der Waals surface area contributed by atoms with Crippen LogP contribution in [0.4, 0.5) is 5.82 Å². The molecule has 2 rings (SSSR count). The average Bonchev–Trinajstić information content (AvgIpc) is 2.55. The fourth-order valence-electron chi connectivity index (χ4n) is 1.80. The van der Waals surface area contributed by atoms with Crippen molar-refractivity contribution in [2.45, 2.75) is 13.0 Å². The second-order valence-electron chi connectivity index (χ2n) is 4.11. The van der Waals surface area contributed by atoms with Crippen LogP contribution in [0.2, 0.25) is 0 Å². The van der Waals surface area contributed by atoms with E-state index in [1.54, 1.807) is 4.68 Å². The maximum Gasteiger partial charge on any atom is 0.153 e. The van der Waals surface area contributed by atoms with E-state index >= 15 is 0 Å². The molecular weight excluding hydrogens is 238 g/mol. The second kappa shape index (κ2) is 4.37. The molecule has 0 amide bonds. The monoisotopic (exact) mass is 253 g/mol. The fraction of sp³-hybridized carbons (Fsp3) is 0.364. The fourth-order valence-corrected chi connectivity index (χ4v) is 2.45. The Morgan fingerprint density at radius 1 is 1.35 bits per heavy atom. The van der Waals surface area contributed by atoms with Crippen LogP contribution in [0.1, 0.15) is 6.42 Å². The van der Waals surface area contributed by atoms with Gasteiger partial charge >= 0.3 is 0 Å². The summed E-state index contributed by atoms with van der Waals surface area (Å²) in [5, 5.41) is 5.12. The lowest BCUT2D eigenvalue weighted by atomic mass is 10.2. The normalized spacial score (nSPS) is 12.1. The number of aromatic nitrogens is 2. The predicted octanol–water partition coefficient (Wildman–Crippen LogP) is 1.05. The summed E-state index contributed by atoms with van der Waals surface area (Å²) in [5.41, 5.74) is 6.73. The van der Waals surface area contributed by atoms with E-state index in [4.69, 9.17) is 5.73 Å². The van der Waals surface area contributed by atoms with Crippen LogP contribution in [0.3, 0.4) is 0 Å². The first-order valence-electron chi connectivity index (χ1n) is 5.36. The molecule has 0 spiro atoms. The molecule has 0 unspecified atom stereocenters. The Labute approximate surface area is 100 Å². The van der Waals surface area contributed by atoms with Crippen LogP contribution >= 0.6 is 0 Å². The number of para-hydroxylation sites is 1. The minimum Gasteiger partial charge on any atom is -0.382 e.